The molecule has 0 aliphatic rings. The molecule has 4 heteroatoms. The number of carbonyl (C=O) groups is 1. The number of rotatable bonds is 3. The van der Waals surface area contributed by atoms with Crippen molar-refractivity contribution in [2.75, 3.05) is 5.73 Å². The molecule has 0 aliphatic carbocycles. The lowest BCUT2D eigenvalue weighted by atomic mass is 10.1. The fourth-order valence-electron chi connectivity index (χ4n) is 1.97. The zero-order valence-electron chi connectivity index (χ0n) is 11.5. The number of amides is 1. The zero-order valence-corrected chi connectivity index (χ0v) is 12.3. The number of benzene rings is 2. The number of nitrogens with two attached hydrogens (primary N) is 1. The lowest BCUT2D eigenvalue weighted by molar-refractivity contribution is 0.0951. The Morgan fingerprint density at radius 2 is 2.00 bits per heavy atom. The van der Waals surface area contributed by atoms with E-state index in [0.29, 0.717) is 17.1 Å². The molecule has 0 aliphatic heterocycles. The van der Waals surface area contributed by atoms with Crippen LogP contribution in [0.3, 0.4) is 0 Å². The minimum atomic E-state index is -0.183. The van der Waals surface area contributed by atoms with Gasteiger partial charge in [0.2, 0.25) is 0 Å². The van der Waals surface area contributed by atoms with Crippen molar-refractivity contribution in [2.24, 2.45) is 0 Å². The fourth-order valence-corrected chi connectivity index (χ4v) is 2.29. The van der Waals surface area contributed by atoms with Crippen molar-refractivity contribution in [3.05, 3.63) is 63.7 Å². The number of nitrogen functional groups attached to an aromatic ring is 1. The molecule has 20 heavy (non-hydrogen) atoms. The molecular weight excluding hydrogens is 272 g/mol. The Labute approximate surface area is 123 Å². The van der Waals surface area contributed by atoms with E-state index < -0.39 is 0 Å². The molecule has 2 aromatic rings. The normalized spacial score (nSPS) is 10.3. The number of nitrogens with one attached hydrogen (secondary N) is 1. The van der Waals surface area contributed by atoms with Gasteiger partial charge in [-0.2, -0.15) is 0 Å². The highest BCUT2D eigenvalue weighted by atomic mass is 35.5. The quantitative estimate of drug-likeness (QED) is 0.850. The topological polar surface area (TPSA) is 55.1 Å². The molecule has 104 valence electrons. The Hall–Kier alpha value is -2.00. The van der Waals surface area contributed by atoms with E-state index in [2.05, 4.69) is 5.32 Å². The first-order valence-electron chi connectivity index (χ1n) is 6.37. The summed E-state index contributed by atoms with van der Waals surface area (Å²) in [6.45, 7) is 4.30. The predicted octanol–water partition coefficient (Wildman–Crippen LogP) is 3.47. The van der Waals surface area contributed by atoms with E-state index in [1.807, 2.05) is 38.1 Å². The van der Waals surface area contributed by atoms with E-state index in [9.17, 15) is 4.79 Å². The maximum absolute atomic E-state index is 12.1. The first kappa shape index (κ1) is 14.4. The van der Waals surface area contributed by atoms with Crippen LogP contribution < -0.4 is 11.1 Å². The number of aryl methyl sites for hydroxylation is 1. The molecule has 0 heterocycles. The standard InChI is InChI=1S/C16H17ClN2O/c1-10-6-7-13(14(17)8-10)16(20)19-9-12-4-3-5-15(18)11(12)2/h3-8H,9,18H2,1-2H3,(H,19,20). The summed E-state index contributed by atoms with van der Waals surface area (Å²) in [6, 6.07) is 11.1. The molecule has 2 rings (SSSR count). The lowest BCUT2D eigenvalue weighted by Crippen LogP contribution is -2.23. The monoisotopic (exact) mass is 288 g/mol. The summed E-state index contributed by atoms with van der Waals surface area (Å²) in [4.78, 5) is 12.1. The first-order chi connectivity index (χ1) is 9.49. The zero-order chi connectivity index (χ0) is 14.7. The van der Waals surface area contributed by atoms with Gasteiger partial charge in [-0.25, -0.2) is 0 Å². The maximum atomic E-state index is 12.1. The number of halogens is 1. The lowest BCUT2D eigenvalue weighted by Gasteiger charge is -2.10. The van der Waals surface area contributed by atoms with Crippen LogP contribution in [0.1, 0.15) is 27.0 Å². The minimum absolute atomic E-state index is 0.183. The summed E-state index contributed by atoms with van der Waals surface area (Å²) in [5, 5.41) is 3.33. The van der Waals surface area contributed by atoms with Crippen LogP contribution >= 0.6 is 11.6 Å². The fraction of sp³-hybridized carbons (Fsp3) is 0.188. The number of anilines is 1. The van der Waals surface area contributed by atoms with Gasteiger partial charge in [0, 0.05) is 12.2 Å². The van der Waals surface area contributed by atoms with Crippen LogP contribution in [0.25, 0.3) is 0 Å². The highest BCUT2D eigenvalue weighted by molar-refractivity contribution is 6.33. The van der Waals surface area contributed by atoms with E-state index in [-0.39, 0.29) is 5.91 Å². The van der Waals surface area contributed by atoms with Crippen molar-refractivity contribution in [3.8, 4) is 0 Å². The molecule has 0 radical (unpaired) electrons. The largest absolute Gasteiger partial charge is 0.399 e. The Bertz CT molecular complexity index is 653. The van der Waals surface area contributed by atoms with Crippen LogP contribution in [0.2, 0.25) is 5.02 Å². The molecule has 0 saturated heterocycles. The maximum Gasteiger partial charge on any atom is 0.253 e. The van der Waals surface area contributed by atoms with Crippen LogP contribution in [-0.4, -0.2) is 5.91 Å². The highest BCUT2D eigenvalue weighted by Gasteiger charge is 2.10. The van der Waals surface area contributed by atoms with Gasteiger partial charge in [-0.1, -0.05) is 29.8 Å². The molecule has 1 amide bonds. The van der Waals surface area contributed by atoms with E-state index in [0.717, 1.165) is 22.4 Å². The molecule has 0 saturated carbocycles. The second-order valence-corrected chi connectivity index (χ2v) is 5.20. The second kappa shape index (κ2) is 5.97. The summed E-state index contributed by atoms with van der Waals surface area (Å²) in [6.07, 6.45) is 0. The second-order valence-electron chi connectivity index (χ2n) is 4.80. The summed E-state index contributed by atoms with van der Waals surface area (Å²) in [5.74, 6) is -0.183. The first-order valence-corrected chi connectivity index (χ1v) is 6.75. The number of hydrogen-bond donors (Lipinski definition) is 2. The van der Waals surface area contributed by atoms with Crippen molar-refractivity contribution in [3.63, 3.8) is 0 Å². The minimum Gasteiger partial charge on any atom is -0.399 e. The van der Waals surface area contributed by atoms with Gasteiger partial charge in [0.1, 0.15) is 0 Å². The molecule has 2 aromatic carbocycles. The average molecular weight is 289 g/mol. The van der Waals surface area contributed by atoms with Crippen LogP contribution in [0.4, 0.5) is 5.69 Å². The molecule has 0 atom stereocenters. The molecule has 0 bridgehead atoms. The molecular formula is C16H17ClN2O. The van der Waals surface area contributed by atoms with E-state index in [1.165, 1.54) is 0 Å². The van der Waals surface area contributed by atoms with Gasteiger partial charge in [0.25, 0.3) is 5.91 Å². The Morgan fingerprint density at radius 1 is 1.25 bits per heavy atom. The van der Waals surface area contributed by atoms with Crippen molar-refractivity contribution < 1.29 is 4.79 Å². The van der Waals surface area contributed by atoms with Gasteiger partial charge in [0.15, 0.2) is 0 Å². The summed E-state index contributed by atoms with van der Waals surface area (Å²) < 4.78 is 0. The number of carbonyl (C=O) groups excluding carboxylic acids is 1. The van der Waals surface area contributed by atoms with Gasteiger partial charge in [-0.05, 0) is 48.7 Å². The predicted molar refractivity (Wildman–Crippen MR) is 83.0 cm³/mol. The molecule has 0 aromatic heterocycles. The number of hydrogen-bond acceptors (Lipinski definition) is 2. The van der Waals surface area contributed by atoms with Gasteiger partial charge < -0.3 is 11.1 Å². The van der Waals surface area contributed by atoms with Crippen LogP contribution in [0.5, 0.6) is 0 Å². The third-order valence-electron chi connectivity index (χ3n) is 3.30. The molecule has 0 unspecified atom stereocenters. The third-order valence-corrected chi connectivity index (χ3v) is 3.61. The van der Waals surface area contributed by atoms with Gasteiger partial charge in [-0.15, -0.1) is 0 Å². The van der Waals surface area contributed by atoms with Crippen LogP contribution in [0.15, 0.2) is 36.4 Å². The van der Waals surface area contributed by atoms with Crippen LogP contribution in [0, 0.1) is 13.8 Å². The van der Waals surface area contributed by atoms with Crippen molar-refractivity contribution in [1.82, 2.24) is 5.32 Å². The van der Waals surface area contributed by atoms with Crippen molar-refractivity contribution in [2.45, 2.75) is 20.4 Å². The molecule has 3 nitrogen and oxygen atoms in total. The Morgan fingerprint density at radius 3 is 2.70 bits per heavy atom. The Kier molecular flexibility index (Phi) is 4.30. The van der Waals surface area contributed by atoms with Crippen LogP contribution in [-0.2, 0) is 6.54 Å². The average Bonchev–Trinajstić information content (AvgIpc) is 2.40. The van der Waals surface area contributed by atoms with Crippen molar-refractivity contribution in [1.29, 1.82) is 0 Å². The summed E-state index contributed by atoms with van der Waals surface area (Å²) in [7, 11) is 0. The van der Waals surface area contributed by atoms with E-state index in [4.69, 9.17) is 17.3 Å². The highest BCUT2D eigenvalue weighted by Crippen LogP contribution is 2.18. The molecule has 3 N–H and O–H groups in total. The Balaban J connectivity index is 2.11. The molecule has 0 fully saturated rings. The SMILES string of the molecule is Cc1ccc(C(=O)NCc2cccc(N)c2C)c(Cl)c1. The smallest absolute Gasteiger partial charge is 0.253 e. The van der Waals surface area contributed by atoms with Crippen molar-refractivity contribution >= 4 is 23.2 Å². The summed E-state index contributed by atoms with van der Waals surface area (Å²) >= 11 is 6.08. The third kappa shape index (κ3) is 3.11. The van der Waals surface area contributed by atoms with Gasteiger partial charge in [0.05, 0.1) is 10.6 Å². The van der Waals surface area contributed by atoms with Gasteiger partial charge in [-0.3, -0.25) is 4.79 Å². The van der Waals surface area contributed by atoms with Gasteiger partial charge >= 0.3 is 0 Å². The summed E-state index contributed by atoms with van der Waals surface area (Å²) in [5.41, 5.74) is 10.1. The van der Waals surface area contributed by atoms with E-state index in [1.54, 1.807) is 12.1 Å². The molecule has 0 spiro atoms. The van der Waals surface area contributed by atoms with E-state index >= 15 is 0 Å².